The molecule has 0 spiro atoms. The summed E-state index contributed by atoms with van der Waals surface area (Å²) in [6, 6.07) is 12.9. The van der Waals surface area contributed by atoms with Gasteiger partial charge in [-0.3, -0.25) is 4.79 Å². The van der Waals surface area contributed by atoms with E-state index in [9.17, 15) is 4.79 Å². The molecule has 1 aromatic heterocycles. The van der Waals surface area contributed by atoms with Gasteiger partial charge in [-0.2, -0.15) is 5.10 Å². The molecule has 0 aliphatic heterocycles. The van der Waals surface area contributed by atoms with Crippen LogP contribution >= 0.6 is 34.8 Å². The predicted octanol–water partition coefficient (Wildman–Crippen LogP) is 9.89. The van der Waals surface area contributed by atoms with Gasteiger partial charge in [0.1, 0.15) is 5.69 Å². The van der Waals surface area contributed by atoms with E-state index in [2.05, 4.69) is 5.32 Å². The topological polar surface area (TPSA) is 46.9 Å². The molecule has 0 amide bonds. The fourth-order valence-electron chi connectivity index (χ4n) is 8.27. The molecule has 4 nitrogen and oxygen atoms in total. The van der Waals surface area contributed by atoms with E-state index in [0.717, 1.165) is 54.0 Å². The molecule has 1 N–H and O–H groups in total. The summed E-state index contributed by atoms with van der Waals surface area (Å²) >= 11 is 18.9. The number of halogens is 3. The largest absolute Gasteiger partial charge is 0.311 e. The number of unbranched alkanes of at least 4 members (excludes halogenated alkanes) is 4. The summed E-state index contributed by atoms with van der Waals surface area (Å²) in [7, 11) is 0. The number of rotatable bonds is 12. The molecule has 218 valence electrons. The third kappa shape index (κ3) is 6.42. The van der Waals surface area contributed by atoms with Crippen LogP contribution in [0.15, 0.2) is 42.5 Å². The minimum absolute atomic E-state index is 0.0741. The molecule has 0 radical (unpaired) electrons. The zero-order valence-electron chi connectivity index (χ0n) is 23.9. The number of carbonyl (C=O) groups excluding carboxylic acids is 1. The maximum absolute atomic E-state index is 13.4. The van der Waals surface area contributed by atoms with Crippen molar-refractivity contribution in [3.63, 3.8) is 0 Å². The highest BCUT2D eigenvalue weighted by Gasteiger charge is 2.50. The van der Waals surface area contributed by atoms with E-state index in [1.807, 2.05) is 37.3 Å². The van der Waals surface area contributed by atoms with Gasteiger partial charge in [-0.15, -0.1) is 0 Å². The lowest BCUT2D eigenvalue weighted by Crippen LogP contribution is -2.58. The van der Waals surface area contributed by atoms with Gasteiger partial charge < -0.3 is 5.32 Å². The lowest BCUT2D eigenvalue weighted by molar-refractivity contribution is -0.0196. The van der Waals surface area contributed by atoms with E-state index in [1.165, 1.54) is 57.8 Å². The average molecular weight is 613 g/mol. The second kappa shape index (κ2) is 12.4. The zero-order chi connectivity index (χ0) is 28.6. The molecule has 41 heavy (non-hydrogen) atoms. The molecular formula is C34H40Cl3N3O. The van der Waals surface area contributed by atoms with Gasteiger partial charge in [0.15, 0.2) is 5.78 Å². The number of nitrogens with zero attached hydrogens (tertiary/aromatic N) is 2. The van der Waals surface area contributed by atoms with Gasteiger partial charge in [-0.25, -0.2) is 4.68 Å². The summed E-state index contributed by atoms with van der Waals surface area (Å²) in [5.41, 5.74) is 4.25. The molecule has 2 aromatic carbocycles. The highest BCUT2D eigenvalue weighted by molar-refractivity contribution is 6.35. The number of hydrogen-bond acceptors (Lipinski definition) is 3. The Labute approximate surface area is 259 Å². The molecule has 7 rings (SSSR count). The quantitative estimate of drug-likeness (QED) is 0.164. The zero-order valence-corrected chi connectivity index (χ0v) is 26.2. The Balaban J connectivity index is 1.03. The third-order valence-corrected chi connectivity index (χ3v) is 10.6. The number of Topliss-reactive ketones (excluding diaryl/α,β-unsaturated/α-hetero) is 1. The molecule has 4 bridgehead atoms. The highest BCUT2D eigenvalue weighted by atomic mass is 35.5. The van der Waals surface area contributed by atoms with Crippen molar-refractivity contribution in [3.05, 3.63) is 68.8 Å². The first-order chi connectivity index (χ1) is 19.8. The van der Waals surface area contributed by atoms with Gasteiger partial charge in [-0.05, 0) is 113 Å². The molecule has 7 heteroatoms. The Morgan fingerprint density at radius 3 is 2.15 bits per heavy atom. The van der Waals surface area contributed by atoms with Crippen molar-refractivity contribution in [3.8, 4) is 16.9 Å². The van der Waals surface area contributed by atoms with Crippen LogP contribution in [0.2, 0.25) is 15.1 Å². The maximum atomic E-state index is 13.4. The van der Waals surface area contributed by atoms with Crippen molar-refractivity contribution >= 4 is 40.6 Å². The molecule has 4 aliphatic rings. The molecular weight excluding hydrogens is 573 g/mol. The molecule has 0 atom stereocenters. The monoisotopic (exact) mass is 611 g/mol. The molecule has 4 aliphatic carbocycles. The van der Waals surface area contributed by atoms with Crippen LogP contribution in [0.25, 0.3) is 16.9 Å². The van der Waals surface area contributed by atoms with Crippen molar-refractivity contribution in [1.29, 1.82) is 0 Å². The fourth-order valence-corrected chi connectivity index (χ4v) is 8.89. The van der Waals surface area contributed by atoms with Gasteiger partial charge in [-0.1, -0.05) is 66.2 Å². The molecule has 0 unspecified atom stereocenters. The number of aromatic nitrogens is 2. The van der Waals surface area contributed by atoms with Crippen LogP contribution < -0.4 is 5.32 Å². The van der Waals surface area contributed by atoms with Gasteiger partial charge in [0.2, 0.25) is 0 Å². The molecule has 4 fully saturated rings. The summed E-state index contributed by atoms with van der Waals surface area (Å²) in [6.45, 7) is 3.10. The first kappa shape index (κ1) is 29.2. The first-order valence-corrected chi connectivity index (χ1v) is 16.5. The van der Waals surface area contributed by atoms with E-state index in [1.54, 1.807) is 16.8 Å². The van der Waals surface area contributed by atoms with Crippen molar-refractivity contribution in [2.24, 2.45) is 17.8 Å². The summed E-state index contributed by atoms with van der Waals surface area (Å²) in [5, 5.41) is 10.5. The second-order valence-electron chi connectivity index (χ2n) is 12.9. The first-order valence-electron chi connectivity index (χ1n) is 15.4. The molecule has 4 saturated carbocycles. The van der Waals surface area contributed by atoms with Crippen LogP contribution in [0.4, 0.5) is 0 Å². The Morgan fingerprint density at radius 1 is 0.878 bits per heavy atom. The number of carbonyl (C=O) groups is 1. The van der Waals surface area contributed by atoms with E-state index in [0.29, 0.717) is 38.4 Å². The van der Waals surface area contributed by atoms with Crippen molar-refractivity contribution in [2.75, 3.05) is 6.54 Å². The summed E-state index contributed by atoms with van der Waals surface area (Å²) in [4.78, 5) is 13.4. The SMILES string of the molecule is Cc1c(C(=O)CCCCCCCNC23CC4CC(CC(C4)C2)C3)nn(-c2ccc(Cl)cc2Cl)c1-c1ccc(Cl)cc1. The van der Waals surface area contributed by atoms with E-state index in [-0.39, 0.29) is 5.78 Å². The van der Waals surface area contributed by atoms with Crippen LogP contribution in [-0.4, -0.2) is 27.6 Å². The Morgan fingerprint density at radius 2 is 1.49 bits per heavy atom. The average Bonchev–Trinajstić information content (AvgIpc) is 3.26. The van der Waals surface area contributed by atoms with Crippen LogP contribution in [0.1, 0.15) is 93.1 Å². The van der Waals surface area contributed by atoms with Gasteiger partial charge >= 0.3 is 0 Å². The van der Waals surface area contributed by atoms with Crippen LogP contribution in [0.3, 0.4) is 0 Å². The summed E-state index contributed by atoms with van der Waals surface area (Å²) < 4.78 is 1.77. The smallest absolute Gasteiger partial charge is 0.183 e. The van der Waals surface area contributed by atoms with Gasteiger partial charge in [0.05, 0.1) is 16.4 Å². The second-order valence-corrected chi connectivity index (χ2v) is 14.2. The van der Waals surface area contributed by atoms with E-state index < -0.39 is 0 Å². The Bertz CT molecular complexity index is 1360. The van der Waals surface area contributed by atoms with E-state index in [4.69, 9.17) is 39.9 Å². The van der Waals surface area contributed by atoms with Gasteiger partial charge in [0.25, 0.3) is 0 Å². The van der Waals surface area contributed by atoms with E-state index >= 15 is 0 Å². The van der Waals surface area contributed by atoms with Gasteiger partial charge in [0, 0.05) is 33.1 Å². The molecule has 1 heterocycles. The highest BCUT2D eigenvalue weighted by Crippen LogP contribution is 2.55. The fraction of sp³-hybridized carbons (Fsp3) is 0.529. The minimum Gasteiger partial charge on any atom is -0.311 e. The lowest BCUT2D eigenvalue weighted by atomic mass is 9.53. The molecule has 3 aromatic rings. The normalized spacial score (nSPS) is 24.7. The third-order valence-electron chi connectivity index (χ3n) is 9.76. The Kier molecular flexibility index (Phi) is 8.84. The molecule has 0 saturated heterocycles. The lowest BCUT2D eigenvalue weighted by Gasteiger charge is -2.57. The standard InChI is InChI=1S/C34H40Cl3N3O/c1-22-32(39-40(30-13-12-28(36)18-29(30)37)33(22)26-8-10-27(35)11-9-26)31(41)7-5-3-2-4-6-14-38-34-19-23-15-24(20-34)17-25(16-23)21-34/h8-13,18,23-25,38H,2-7,14-17,19-21H2,1H3. The van der Waals surface area contributed by atoms with Crippen molar-refractivity contribution < 1.29 is 4.79 Å². The number of benzene rings is 2. The number of ketones is 1. The van der Waals surface area contributed by atoms with Crippen LogP contribution in [0.5, 0.6) is 0 Å². The summed E-state index contributed by atoms with van der Waals surface area (Å²) in [6.07, 6.45) is 14.8. The number of nitrogens with one attached hydrogen (secondary N) is 1. The predicted molar refractivity (Wildman–Crippen MR) is 170 cm³/mol. The van der Waals surface area contributed by atoms with Crippen molar-refractivity contribution in [2.45, 2.75) is 89.5 Å². The maximum Gasteiger partial charge on any atom is 0.183 e. The van der Waals surface area contributed by atoms with Crippen molar-refractivity contribution in [1.82, 2.24) is 15.1 Å². The van der Waals surface area contributed by atoms with Crippen LogP contribution in [-0.2, 0) is 0 Å². The minimum atomic E-state index is 0.0741. The summed E-state index contributed by atoms with van der Waals surface area (Å²) in [5.74, 6) is 3.05. The van der Waals surface area contributed by atoms with Crippen LogP contribution in [0, 0.1) is 24.7 Å². The Hall–Kier alpha value is -1.85. The number of hydrogen-bond donors (Lipinski definition) is 1.